The summed E-state index contributed by atoms with van der Waals surface area (Å²) in [6, 6.07) is 10.8. The molecule has 0 bridgehead atoms. The highest BCUT2D eigenvalue weighted by Crippen LogP contribution is 2.23. The molecule has 5 nitrogen and oxygen atoms in total. The molecule has 0 fully saturated rings. The van der Waals surface area contributed by atoms with Crippen LogP contribution >= 0.6 is 0 Å². The van der Waals surface area contributed by atoms with Crippen molar-refractivity contribution in [2.75, 3.05) is 0 Å². The van der Waals surface area contributed by atoms with Crippen LogP contribution in [0.5, 0.6) is 5.75 Å². The molecule has 8 heteroatoms. The fourth-order valence-corrected chi connectivity index (χ4v) is 2.48. The van der Waals surface area contributed by atoms with Crippen LogP contribution < -0.4 is 10.4 Å². The topological polar surface area (TPSA) is 65.7 Å². The Labute approximate surface area is 150 Å². The molecule has 2 aromatic carbocycles. The highest BCUT2D eigenvalue weighted by atomic mass is 19.4. The molecule has 140 valence electrons. The summed E-state index contributed by atoms with van der Waals surface area (Å²) in [6.07, 6.45) is -4.81. The van der Waals surface area contributed by atoms with Gasteiger partial charge in [0.15, 0.2) is 0 Å². The number of carbonyl (C=O) groups is 1. The second kappa shape index (κ2) is 7.14. The lowest BCUT2D eigenvalue weighted by Gasteiger charge is -2.10. The van der Waals surface area contributed by atoms with Crippen molar-refractivity contribution in [2.45, 2.75) is 19.9 Å². The molecule has 0 aliphatic heterocycles. The van der Waals surface area contributed by atoms with Crippen molar-refractivity contribution in [2.24, 2.45) is 0 Å². The maximum Gasteiger partial charge on any atom is 0.573 e. The predicted molar refractivity (Wildman–Crippen MR) is 89.5 cm³/mol. The molecule has 0 amide bonds. The lowest BCUT2D eigenvalue weighted by Crippen LogP contribution is -2.17. The first kappa shape index (κ1) is 18.5. The summed E-state index contributed by atoms with van der Waals surface area (Å²) in [6.45, 7) is 1.66. The van der Waals surface area contributed by atoms with Crippen LogP contribution in [0.3, 0.4) is 0 Å². The van der Waals surface area contributed by atoms with E-state index in [1.165, 1.54) is 6.07 Å². The van der Waals surface area contributed by atoms with Crippen LogP contribution in [0, 0.1) is 6.92 Å². The minimum absolute atomic E-state index is 0.0487. The normalized spacial score (nSPS) is 11.4. The highest BCUT2D eigenvalue weighted by Gasteiger charge is 2.31. The van der Waals surface area contributed by atoms with Crippen LogP contribution in [0.25, 0.3) is 11.0 Å². The Balaban J connectivity index is 1.74. The van der Waals surface area contributed by atoms with Gasteiger partial charge in [0.1, 0.15) is 17.9 Å². The number of alkyl halides is 3. The molecule has 3 rings (SSSR count). The summed E-state index contributed by atoms with van der Waals surface area (Å²) < 4.78 is 50.5. The molecule has 0 saturated carbocycles. The second-order valence-corrected chi connectivity index (χ2v) is 5.74. The number of rotatable bonds is 4. The predicted octanol–water partition coefficient (Wildman–Crippen LogP) is 4.36. The third kappa shape index (κ3) is 4.66. The lowest BCUT2D eigenvalue weighted by molar-refractivity contribution is -0.274. The molecule has 3 aromatic rings. The number of hydrogen-bond donors (Lipinski definition) is 0. The van der Waals surface area contributed by atoms with E-state index in [-0.39, 0.29) is 12.2 Å². The van der Waals surface area contributed by atoms with E-state index < -0.39 is 23.7 Å². The zero-order valence-electron chi connectivity index (χ0n) is 14.0. The Morgan fingerprint density at radius 3 is 2.44 bits per heavy atom. The lowest BCUT2D eigenvalue weighted by atomic mass is 10.1. The average molecular weight is 378 g/mol. The van der Waals surface area contributed by atoms with E-state index in [1.54, 1.807) is 12.1 Å². The second-order valence-electron chi connectivity index (χ2n) is 5.74. The number of benzene rings is 2. The summed E-state index contributed by atoms with van der Waals surface area (Å²) in [5.74, 6) is -1.19. The van der Waals surface area contributed by atoms with E-state index in [0.717, 1.165) is 29.8 Å². The number of ether oxygens (including phenoxy) is 2. The molecule has 0 atom stereocenters. The van der Waals surface area contributed by atoms with Crippen LogP contribution in [0.1, 0.15) is 21.5 Å². The summed E-state index contributed by atoms with van der Waals surface area (Å²) >= 11 is 0. The van der Waals surface area contributed by atoms with Gasteiger partial charge in [-0.2, -0.15) is 0 Å². The van der Waals surface area contributed by atoms with Gasteiger partial charge in [-0.25, -0.2) is 9.59 Å². The van der Waals surface area contributed by atoms with Gasteiger partial charge in [0.25, 0.3) is 0 Å². The van der Waals surface area contributed by atoms with Crippen molar-refractivity contribution in [3.63, 3.8) is 0 Å². The van der Waals surface area contributed by atoms with E-state index in [4.69, 9.17) is 9.15 Å². The summed E-state index contributed by atoms with van der Waals surface area (Å²) in [5, 5.41) is 0.627. The minimum atomic E-state index is -4.81. The van der Waals surface area contributed by atoms with Crippen molar-refractivity contribution in [1.82, 2.24) is 0 Å². The van der Waals surface area contributed by atoms with Gasteiger partial charge in [0, 0.05) is 17.0 Å². The number of hydrogen-bond acceptors (Lipinski definition) is 5. The van der Waals surface area contributed by atoms with Gasteiger partial charge in [0.05, 0.1) is 5.56 Å². The third-order valence-electron chi connectivity index (χ3n) is 3.67. The van der Waals surface area contributed by atoms with Crippen molar-refractivity contribution >= 4 is 16.9 Å². The Hall–Kier alpha value is -3.29. The van der Waals surface area contributed by atoms with Crippen LogP contribution in [0.15, 0.2) is 57.7 Å². The third-order valence-corrected chi connectivity index (χ3v) is 3.67. The monoisotopic (exact) mass is 378 g/mol. The molecule has 0 radical (unpaired) electrons. The van der Waals surface area contributed by atoms with Gasteiger partial charge in [-0.15, -0.1) is 13.2 Å². The van der Waals surface area contributed by atoms with E-state index in [2.05, 4.69) is 4.74 Å². The Bertz CT molecular complexity index is 1040. The first-order valence-corrected chi connectivity index (χ1v) is 7.77. The molecule has 1 aromatic heterocycles. The molecule has 27 heavy (non-hydrogen) atoms. The zero-order valence-corrected chi connectivity index (χ0v) is 14.0. The van der Waals surface area contributed by atoms with E-state index in [0.29, 0.717) is 16.5 Å². The molecule has 0 N–H and O–H groups in total. The van der Waals surface area contributed by atoms with Crippen molar-refractivity contribution < 1.29 is 31.9 Å². The summed E-state index contributed by atoms with van der Waals surface area (Å²) in [5.41, 5.74) is 1.22. The number of aryl methyl sites for hydroxylation is 1. The number of carbonyl (C=O) groups excluding carboxylic acids is 1. The van der Waals surface area contributed by atoms with Crippen LogP contribution in [0.2, 0.25) is 0 Å². The number of fused-ring (bicyclic) bond motifs is 1. The van der Waals surface area contributed by atoms with Gasteiger partial charge in [-0.05, 0) is 42.8 Å². The first-order valence-electron chi connectivity index (χ1n) is 7.77. The Morgan fingerprint density at radius 2 is 1.78 bits per heavy atom. The van der Waals surface area contributed by atoms with E-state index in [9.17, 15) is 22.8 Å². The number of halogens is 3. The smallest absolute Gasteiger partial charge is 0.457 e. The molecular formula is C19H13F3O5. The maximum atomic E-state index is 12.1. The molecule has 0 spiro atoms. The summed E-state index contributed by atoms with van der Waals surface area (Å²) in [4.78, 5) is 23.8. The van der Waals surface area contributed by atoms with E-state index >= 15 is 0 Å². The minimum Gasteiger partial charge on any atom is -0.457 e. The van der Waals surface area contributed by atoms with E-state index in [1.807, 2.05) is 13.0 Å². The molecule has 0 unspecified atom stereocenters. The Morgan fingerprint density at radius 1 is 1.07 bits per heavy atom. The highest BCUT2D eigenvalue weighted by molar-refractivity contribution is 5.89. The van der Waals surface area contributed by atoms with Gasteiger partial charge in [0.2, 0.25) is 0 Å². The molecule has 0 aliphatic carbocycles. The van der Waals surface area contributed by atoms with Crippen LogP contribution in [0.4, 0.5) is 13.2 Å². The SMILES string of the molecule is Cc1ccc2c(COC(=O)c3ccc(OC(F)(F)F)cc3)cc(=O)oc2c1. The quantitative estimate of drug-likeness (QED) is 0.499. The average Bonchev–Trinajstić information content (AvgIpc) is 2.58. The fourth-order valence-electron chi connectivity index (χ4n) is 2.48. The van der Waals surface area contributed by atoms with Gasteiger partial charge >= 0.3 is 18.0 Å². The standard InChI is InChI=1S/C19H13F3O5/c1-11-2-7-15-13(9-17(23)26-16(15)8-11)10-25-18(24)12-3-5-14(6-4-12)27-19(20,21)22/h2-9H,10H2,1H3. The van der Waals surface area contributed by atoms with Gasteiger partial charge in [-0.1, -0.05) is 12.1 Å². The van der Waals surface area contributed by atoms with Crippen LogP contribution in [-0.2, 0) is 11.3 Å². The van der Waals surface area contributed by atoms with Gasteiger partial charge < -0.3 is 13.9 Å². The molecule has 0 aliphatic rings. The molecule has 0 saturated heterocycles. The molecule has 1 heterocycles. The van der Waals surface area contributed by atoms with Crippen molar-refractivity contribution in [1.29, 1.82) is 0 Å². The number of esters is 1. The fraction of sp³-hybridized carbons (Fsp3) is 0.158. The van der Waals surface area contributed by atoms with Crippen molar-refractivity contribution in [3.8, 4) is 5.75 Å². The summed E-state index contributed by atoms with van der Waals surface area (Å²) in [7, 11) is 0. The first-order chi connectivity index (χ1) is 12.7. The Kier molecular flexibility index (Phi) is 4.89. The molecular weight excluding hydrogens is 365 g/mol. The zero-order chi connectivity index (χ0) is 19.6. The van der Waals surface area contributed by atoms with Crippen LogP contribution in [-0.4, -0.2) is 12.3 Å². The van der Waals surface area contributed by atoms with Crippen molar-refractivity contribution in [3.05, 3.63) is 75.6 Å². The maximum absolute atomic E-state index is 12.1. The van der Waals surface area contributed by atoms with Gasteiger partial charge in [-0.3, -0.25) is 0 Å². The largest absolute Gasteiger partial charge is 0.573 e.